The van der Waals surface area contributed by atoms with Crippen molar-refractivity contribution >= 4 is 29.1 Å². The van der Waals surface area contributed by atoms with Crippen LogP contribution in [0.2, 0.25) is 0 Å². The van der Waals surface area contributed by atoms with E-state index >= 15 is 0 Å². The first kappa shape index (κ1) is 14.3. The van der Waals surface area contributed by atoms with Crippen molar-refractivity contribution in [1.82, 2.24) is 0 Å². The highest BCUT2D eigenvalue weighted by Crippen LogP contribution is 2.50. The highest BCUT2D eigenvalue weighted by molar-refractivity contribution is 6.25. The highest BCUT2D eigenvalue weighted by atomic mass is 16.2. The predicted octanol–water partition coefficient (Wildman–Crippen LogP) is 1.59. The number of rotatable bonds is 1. The Hall–Kier alpha value is -2.30. The number of Topliss-reactive ketones (excluding diaryl/α,β-unsaturated/α-hetero) is 2. The third kappa shape index (κ3) is 1.79. The lowest BCUT2D eigenvalue weighted by molar-refractivity contribution is -0.153. The fraction of sp³-hybridized carbons (Fsp3) is 0.444. The zero-order valence-electron chi connectivity index (χ0n) is 13.0. The number of nitrogens with zero attached hydrogens (tertiary/aromatic N) is 1. The molecule has 5 heteroatoms. The number of aryl methyl sites for hydroxylation is 2. The molecule has 0 radical (unpaired) electrons. The van der Waals surface area contributed by atoms with Gasteiger partial charge in [-0.15, -0.1) is 0 Å². The number of fused-ring (bicyclic) bond motifs is 2. The molecule has 0 unspecified atom stereocenters. The zero-order valence-corrected chi connectivity index (χ0v) is 13.0. The second-order valence-corrected chi connectivity index (χ2v) is 6.89. The lowest BCUT2D eigenvalue weighted by Crippen LogP contribution is -2.51. The van der Waals surface area contributed by atoms with Crippen LogP contribution in [0.15, 0.2) is 18.2 Å². The maximum absolute atomic E-state index is 12.8. The SMILES string of the molecule is Cc1ccc(N2C(=O)[C@@H]3[C@H](C2=O)[C@H]2CC(=O)[C@H]3CC2=O)cc1C. The van der Waals surface area contributed by atoms with E-state index in [-0.39, 0.29) is 36.2 Å². The van der Waals surface area contributed by atoms with Crippen molar-refractivity contribution in [2.75, 3.05) is 4.90 Å². The molecule has 3 aliphatic carbocycles. The van der Waals surface area contributed by atoms with Crippen LogP contribution >= 0.6 is 0 Å². The molecule has 2 amide bonds. The smallest absolute Gasteiger partial charge is 0.238 e. The van der Waals surface area contributed by atoms with Crippen molar-refractivity contribution in [2.24, 2.45) is 23.7 Å². The summed E-state index contributed by atoms with van der Waals surface area (Å²) in [6.45, 7) is 3.89. The number of hydrogen-bond donors (Lipinski definition) is 0. The second-order valence-electron chi connectivity index (χ2n) is 6.89. The molecular formula is C18H17NO4. The third-order valence-corrected chi connectivity index (χ3v) is 5.68. The van der Waals surface area contributed by atoms with E-state index in [4.69, 9.17) is 0 Å². The minimum absolute atomic E-state index is 0.0427. The summed E-state index contributed by atoms with van der Waals surface area (Å²) in [5.41, 5.74) is 2.61. The van der Waals surface area contributed by atoms with Gasteiger partial charge in [-0.05, 0) is 37.1 Å². The van der Waals surface area contributed by atoms with E-state index in [1.165, 1.54) is 4.90 Å². The normalized spacial score (nSPS) is 32.7. The second kappa shape index (κ2) is 4.60. The lowest BCUT2D eigenvalue weighted by atomic mass is 9.58. The van der Waals surface area contributed by atoms with Gasteiger partial charge < -0.3 is 0 Å². The Labute approximate surface area is 133 Å². The predicted molar refractivity (Wildman–Crippen MR) is 81.6 cm³/mol. The summed E-state index contributed by atoms with van der Waals surface area (Å²) in [4.78, 5) is 51.1. The summed E-state index contributed by atoms with van der Waals surface area (Å²) >= 11 is 0. The van der Waals surface area contributed by atoms with Crippen molar-refractivity contribution in [2.45, 2.75) is 26.7 Å². The summed E-state index contributed by atoms with van der Waals surface area (Å²) in [7, 11) is 0. The Kier molecular flexibility index (Phi) is 2.86. The van der Waals surface area contributed by atoms with Crippen LogP contribution in [0, 0.1) is 37.5 Å². The quantitative estimate of drug-likeness (QED) is 0.738. The topological polar surface area (TPSA) is 71.5 Å². The molecule has 118 valence electrons. The fourth-order valence-electron chi connectivity index (χ4n) is 4.30. The molecule has 23 heavy (non-hydrogen) atoms. The monoisotopic (exact) mass is 311 g/mol. The van der Waals surface area contributed by atoms with Gasteiger partial charge in [-0.3, -0.25) is 24.1 Å². The van der Waals surface area contributed by atoms with Gasteiger partial charge in [0, 0.05) is 24.7 Å². The molecule has 1 saturated heterocycles. The maximum atomic E-state index is 12.8. The molecule has 5 rings (SSSR count). The summed E-state index contributed by atoms with van der Waals surface area (Å²) in [5.74, 6) is -3.23. The van der Waals surface area contributed by atoms with Crippen LogP contribution in [-0.4, -0.2) is 23.4 Å². The molecule has 1 heterocycles. The Morgan fingerprint density at radius 1 is 0.826 bits per heavy atom. The number of hydrogen-bond acceptors (Lipinski definition) is 4. The third-order valence-electron chi connectivity index (χ3n) is 5.68. The van der Waals surface area contributed by atoms with E-state index in [1.54, 1.807) is 6.07 Å². The van der Waals surface area contributed by atoms with Gasteiger partial charge in [-0.1, -0.05) is 6.07 Å². The molecule has 0 spiro atoms. The number of imide groups is 1. The number of benzene rings is 1. The molecule has 1 aliphatic heterocycles. The molecule has 0 N–H and O–H groups in total. The van der Waals surface area contributed by atoms with E-state index in [9.17, 15) is 19.2 Å². The zero-order chi connectivity index (χ0) is 16.5. The van der Waals surface area contributed by atoms with Crippen LogP contribution < -0.4 is 4.90 Å². The first-order chi connectivity index (χ1) is 10.9. The Morgan fingerprint density at radius 3 is 1.83 bits per heavy atom. The van der Waals surface area contributed by atoms with Crippen LogP contribution in [0.4, 0.5) is 5.69 Å². The van der Waals surface area contributed by atoms with E-state index < -0.39 is 23.7 Å². The van der Waals surface area contributed by atoms with E-state index in [1.807, 2.05) is 26.0 Å². The minimum atomic E-state index is -0.645. The molecule has 4 fully saturated rings. The van der Waals surface area contributed by atoms with Crippen molar-refractivity contribution in [3.05, 3.63) is 29.3 Å². The molecule has 4 aliphatic rings. The average molecular weight is 311 g/mol. The Bertz CT molecular complexity index is 741. The van der Waals surface area contributed by atoms with Crippen molar-refractivity contribution in [3.8, 4) is 0 Å². The minimum Gasteiger partial charge on any atom is -0.299 e. The van der Waals surface area contributed by atoms with Gasteiger partial charge >= 0.3 is 0 Å². The number of ketones is 2. The summed E-state index contributed by atoms with van der Waals surface area (Å²) in [6.07, 6.45) is 0.231. The number of carbonyl (C=O) groups is 4. The van der Waals surface area contributed by atoms with Crippen molar-refractivity contribution < 1.29 is 19.2 Å². The number of carbonyl (C=O) groups excluding carboxylic acids is 4. The molecule has 5 nitrogen and oxygen atoms in total. The van der Waals surface area contributed by atoms with Crippen LogP contribution in [0.3, 0.4) is 0 Å². The Balaban J connectivity index is 1.79. The molecular weight excluding hydrogens is 294 g/mol. The van der Waals surface area contributed by atoms with Crippen LogP contribution in [0.1, 0.15) is 24.0 Å². The van der Waals surface area contributed by atoms with Crippen LogP contribution in [0.5, 0.6) is 0 Å². The molecule has 1 aromatic rings. The summed E-state index contributed by atoms with van der Waals surface area (Å²) in [6, 6.07) is 5.44. The van der Waals surface area contributed by atoms with Crippen LogP contribution in [0.25, 0.3) is 0 Å². The van der Waals surface area contributed by atoms with Gasteiger partial charge in [-0.25, -0.2) is 0 Å². The van der Waals surface area contributed by atoms with Crippen LogP contribution in [-0.2, 0) is 19.2 Å². The van der Waals surface area contributed by atoms with Gasteiger partial charge in [0.1, 0.15) is 11.6 Å². The van der Waals surface area contributed by atoms with Crippen molar-refractivity contribution in [3.63, 3.8) is 0 Å². The van der Waals surface area contributed by atoms with E-state index in [2.05, 4.69) is 0 Å². The summed E-state index contributed by atoms with van der Waals surface area (Å²) in [5, 5.41) is 0. The maximum Gasteiger partial charge on any atom is 0.238 e. The van der Waals surface area contributed by atoms with E-state index in [0.29, 0.717) is 5.69 Å². The Morgan fingerprint density at radius 2 is 1.35 bits per heavy atom. The molecule has 2 bridgehead atoms. The largest absolute Gasteiger partial charge is 0.299 e. The first-order valence-corrected chi connectivity index (χ1v) is 7.90. The first-order valence-electron chi connectivity index (χ1n) is 7.90. The van der Waals surface area contributed by atoms with Gasteiger partial charge in [0.15, 0.2) is 0 Å². The molecule has 0 aromatic heterocycles. The standard InChI is InChI=1S/C18H17NO4/c1-8-3-4-10(5-9(8)2)19-17(22)15-11-6-13(20)12(7-14(11)21)16(15)18(19)23/h3-5,11-12,15-16H,6-7H2,1-2H3/t11-,12+,15+,16-. The van der Waals surface area contributed by atoms with Crippen molar-refractivity contribution in [1.29, 1.82) is 0 Å². The van der Waals surface area contributed by atoms with Gasteiger partial charge in [0.25, 0.3) is 0 Å². The highest BCUT2D eigenvalue weighted by Gasteiger charge is 2.63. The molecule has 3 saturated carbocycles. The molecule has 4 atom stereocenters. The number of amides is 2. The number of anilines is 1. The summed E-state index contributed by atoms with van der Waals surface area (Å²) < 4.78 is 0. The van der Waals surface area contributed by atoms with Gasteiger partial charge in [0.2, 0.25) is 11.8 Å². The van der Waals surface area contributed by atoms with E-state index in [0.717, 1.165) is 11.1 Å². The lowest BCUT2D eigenvalue weighted by Gasteiger charge is -2.40. The van der Waals surface area contributed by atoms with Gasteiger partial charge in [0.05, 0.1) is 17.5 Å². The molecule has 1 aromatic carbocycles. The fourth-order valence-corrected chi connectivity index (χ4v) is 4.30. The van der Waals surface area contributed by atoms with Gasteiger partial charge in [-0.2, -0.15) is 0 Å². The average Bonchev–Trinajstić information content (AvgIpc) is 2.77.